The Morgan fingerprint density at radius 2 is 2.12 bits per heavy atom. The summed E-state index contributed by atoms with van der Waals surface area (Å²) in [6.07, 6.45) is 0. The molecule has 0 aliphatic carbocycles. The van der Waals surface area contributed by atoms with Crippen LogP contribution < -0.4 is 5.73 Å². The molecule has 0 aromatic heterocycles. The number of amides is 2. The predicted octanol–water partition coefficient (Wildman–Crippen LogP) is 0.603. The maximum Gasteiger partial charge on any atom is 0.254 e. The van der Waals surface area contributed by atoms with Crippen LogP contribution in [0.15, 0.2) is 18.2 Å². The highest BCUT2D eigenvalue weighted by Crippen LogP contribution is 2.24. The summed E-state index contributed by atoms with van der Waals surface area (Å²) in [7, 11) is 1.45. The van der Waals surface area contributed by atoms with E-state index in [1.54, 1.807) is 0 Å². The van der Waals surface area contributed by atoms with Crippen molar-refractivity contribution in [1.82, 2.24) is 4.90 Å². The Kier molecular flexibility index (Phi) is 3.73. The SMILES string of the molecule is CN(CC(N)=O)C(=O)c1ccc(O)c(Cl)c1. The number of halogens is 1. The lowest BCUT2D eigenvalue weighted by atomic mass is 10.2. The van der Waals surface area contributed by atoms with E-state index in [9.17, 15) is 14.7 Å². The second-order valence-corrected chi connectivity index (χ2v) is 3.70. The van der Waals surface area contributed by atoms with E-state index >= 15 is 0 Å². The number of nitrogens with zero attached hydrogens (tertiary/aromatic N) is 1. The summed E-state index contributed by atoms with van der Waals surface area (Å²) < 4.78 is 0. The van der Waals surface area contributed by atoms with Gasteiger partial charge in [-0.3, -0.25) is 9.59 Å². The zero-order valence-corrected chi connectivity index (χ0v) is 9.36. The van der Waals surface area contributed by atoms with Gasteiger partial charge in [0.15, 0.2) is 0 Å². The Bertz CT molecular complexity index is 434. The molecule has 0 heterocycles. The number of aromatic hydroxyl groups is 1. The van der Waals surface area contributed by atoms with Crippen LogP contribution in [0.1, 0.15) is 10.4 Å². The minimum Gasteiger partial charge on any atom is -0.506 e. The van der Waals surface area contributed by atoms with Crippen molar-refractivity contribution < 1.29 is 14.7 Å². The van der Waals surface area contributed by atoms with Crippen molar-refractivity contribution in [3.05, 3.63) is 28.8 Å². The van der Waals surface area contributed by atoms with Crippen molar-refractivity contribution in [1.29, 1.82) is 0 Å². The van der Waals surface area contributed by atoms with E-state index in [1.807, 2.05) is 0 Å². The number of phenolic OH excluding ortho intramolecular Hbond substituents is 1. The molecular weight excluding hydrogens is 232 g/mol. The number of primary amides is 1. The molecule has 86 valence electrons. The van der Waals surface area contributed by atoms with Crippen molar-refractivity contribution >= 4 is 23.4 Å². The lowest BCUT2D eigenvalue weighted by Crippen LogP contribution is -2.35. The van der Waals surface area contributed by atoms with E-state index in [4.69, 9.17) is 17.3 Å². The lowest BCUT2D eigenvalue weighted by Gasteiger charge is -2.15. The average molecular weight is 243 g/mol. The average Bonchev–Trinajstić information content (AvgIpc) is 2.20. The molecule has 0 aliphatic rings. The Morgan fingerprint density at radius 3 is 2.62 bits per heavy atom. The summed E-state index contributed by atoms with van der Waals surface area (Å²) in [5, 5.41) is 9.26. The maximum atomic E-state index is 11.7. The summed E-state index contributed by atoms with van der Waals surface area (Å²) in [5.41, 5.74) is 5.25. The summed E-state index contributed by atoms with van der Waals surface area (Å²) >= 11 is 5.66. The van der Waals surface area contributed by atoms with E-state index < -0.39 is 5.91 Å². The number of carbonyl (C=O) groups excluding carboxylic acids is 2. The van der Waals surface area contributed by atoms with E-state index in [1.165, 1.54) is 30.1 Å². The van der Waals surface area contributed by atoms with E-state index in [2.05, 4.69) is 0 Å². The Balaban J connectivity index is 2.88. The standard InChI is InChI=1S/C10H11ClN2O3/c1-13(5-9(12)15)10(16)6-2-3-8(14)7(11)4-6/h2-4,14H,5H2,1H3,(H2,12,15). The van der Waals surface area contributed by atoms with Gasteiger partial charge in [0, 0.05) is 12.6 Å². The number of likely N-dealkylation sites (N-methyl/N-ethyl adjacent to an activating group) is 1. The molecule has 0 radical (unpaired) electrons. The maximum absolute atomic E-state index is 11.7. The second-order valence-electron chi connectivity index (χ2n) is 3.29. The highest BCUT2D eigenvalue weighted by molar-refractivity contribution is 6.32. The molecule has 1 rings (SSSR count). The molecule has 0 fully saturated rings. The minimum absolute atomic E-state index is 0.0818. The van der Waals surface area contributed by atoms with Gasteiger partial charge in [0.05, 0.1) is 11.6 Å². The van der Waals surface area contributed by atoms with Gasteiger partial charge in [-0.15, -0.1) is 0 Å². The molecular formula is C10H11ClN2O3. The molecule has 1 aromatic carbocycles. The molecule has 0 atom stereocenters. The number of nitrogens with two attached hydrogens (primary N) is 1. The Hall–Kier alpha value is -1.75. The number of carbonyl (C=O) groups is 2. The summed E-state index contributed by atoms with van der Waals surface area (Å²) in [6.45, 7) is -0.169. The van der Waals surface area contributed by atoms with Gasteiger partial charge in [0.1, 0.15) is 5.75 Å². The molecule has 2 amide bonds. The molecule has 0 unspecified atom stereocenters. The van der Waals surface area contributed by atoms with Gasteiger partial charge in [-0.25, -0.2) is 0 Å². The Labute approximate surface area is 97.4 Å². The first-order valence-electron chi connectivity index (χ1n) is 4.44. The van der Waals surface area contributed by atoms with E-state index in [0.717, 1.165) is 0 Å². The van der Waals surface area contributed by atoms with E-state index in [0.29, 0.717) is 0 Å². The first kappa shape index (κ1) is 12.3. The van der Waals surface area contributed by atoms with Crippen LogP contribution in [0.2, 0.25) is 5.02 Å². The van der Waals surface area contributed by atoms with Gasteiger partial charge in [-0.1, -0.05) is 11.6 Å². The third-order valence-corrected chi connectivity index (χ3v) is 2.24. The fourth-order valence-electron chi connectivity index (χ4n) is 1.17. The zero-order valence-electron chi connectivity index (χ0n) is 8.61. The molecule has 3 N–H and O–H groups in total. The molecule has 5 nitrogen and oxygen atoms in total. The molecule has 0 aliphatic heterocycles. The predicted molar refractivity (Wildman–Crippen MR) is 59.3 cm³/mol. The molecule has 16 heavy (non-hydrogen) atoms. The largest absolute Gasteiger partial charge is 0.506 e. The number of rotatable bonds is 3. The third kappa shape index (κ3) is 2.87. The van der Waals surface area contributed by atoms with Crippen molar-refractivity contribution in [2.75, 3.05) is 13.6 Å². The van der Waals surface area contributed by atoms with Crippen molar-refractivity contribution in [3.63, 3.8) is 0 Å². The second kappa shape index (κ2) is 4.85. The van der Waals surface area contributed by atoms with Gasteiger partial charge >= 0.3 is 0 Å². The first-order valence-corrected chi connectivity index (χ1v) is 4.82. The van der Waals surface area contributed by atoms with Gasteiger partial charge < -0.3 is 15.7 Å². The lowest BCUT2D eigenvalue weighted by molar-refractivity contribution is -0.118. The molecule has 0 bridgehead atoms. The number of hydrogen-bond acceptors (Lipinski definition) is 3. The third-order valence-electron chi connectivity index (χ3n) is 1.93. The fraction of sp³-hybridized carbons (Fsp3) is 0.200. The monoisotopic (exact) mass is 242 g/mol. The van der Waals surface area contributed by atoms with Crippen LogP contribution in [-0.4, -0.2) is 35.4 Å². The summed E-state index contributed by atoms with van der Waals surface area (Å²) in [5.74, 6) is -1.09. The number of phenols is 1. The highest BCUT2D eigenvalue weighted by atomic mass is 35.5. The quantitative estimate of drug-likeness (QED) is 0.814. The van der Waals surface area contributed by atoms with Gasteiger partial charge in [-0.05, 0) is 18.2 Å². The van der Waals surface area contributed by atoms with Crippen molar-refractivity contribution in [2.45, 2.75) is 0 Å². The van der Waals surface area contributed by atoms with Crippen molar-refractivity contribution in [3.8, 4) is 5.75 Å². The minimum atomic E-state index is -0.597. The molecule has 0 spiro atoms. The van der Waals surface area contributed by atoms with Crippen molar-refractivity contribution in [2.24, 2.45) is 5.73 Å². The molecule has 0 saturated heterocycles. The van der Waals surface area contributed by atoms with E-state index in [-0.39, 0.29) is 28.8 Å². The molecule has 1 aromatic rings. The summed E-state index contributed by atoms with van der Waals surface area (Å²) in [4.78, 5) is 23.5. The Morgan fingerprint density at radius 1 is 1.50 bits per heavy atom. The fourth-order valence-corrected chi connectivity index (χ4v) is 1.35. The van der Waals surface area contributed by atoms with Gasteiger partial charge in [-0.2, -0.15) is 0 Å². The smallest absolute Gasteiger partial charge is 0.254 e. The summed E-state index contributed by atoms with van der Waals surface area (Å²) in [6, 6.07) is 4.06. The van der Waals surface area contributed by atoms with Crippen LogP contribution in [0.4, 0.5) is 0 Å². The van der Waals surface area contributed by atoms with Crippen LogP contribution in [0, 0.1) is 0 Å². The normalized spacial score (nSPS) is 9.88. The number of hydrogen-bond donors (Lipinski definition) is 2. The van der Waals surface area contributed by atoms with Crippen LogP contribution in [0.5, 0.6) is 5.75 Å². The van der Waals surface area contributed by atoms with Crippen LogP contribution >= 0.6 is 11.6 Å². The van der Waals surface area contributed by atoms with Gasteiger partial charge in [0.25, 0.3) is 5.91 Å². The topological polar surface area (TPSA) is 83.6 Å². The first-order chi connectivity index (χ1) is 7.41. The highest BCUT2D eigenvalue weighted by Gasteiger charge is 2.14. The van der Waals surface area contributed by atoms with Crippen LogP contribution in [0.25, 0.3) is 0 Å². The molecule has 0 saturated carbocycles. The van der Waals surface area contributed by atoms with Crippen LogP contribution in [0.3, 0.4) is 0 Å². The molecule has 6 heteroatoms. The van der Waals surface area contributed by atoms with Crippen LogP contribution in [-0.2, 0) is 4.79 Å². The number of benzene rings is 1. The van der Waals surface area contributed by atoms with Gasteiger partial charge in [0.2, 0.25) is 5.91 Å². The zero-order chi connectivity index (χ0) is 12.3.